The van der Waals surface area contributed by atoms with Gasteiger partial charge in [0.05, 0.1) is 14.2 Å². The molecule has 106 valence electrons. The summed E-state index contributed by atoms with van der Waals surface area (Å²) in [6, 6.07) is 5.68. The van der Waals surface area contributed by atoms with E-state index in [2.05, 4.69) is 0 Å². The van der Waals surface area contributed by atoms with E-state index in [9.17, 15) is 5.11 Å². The van der Waals surface area contributed by atoms with Gasteiger partial charge in [-0.1, -0.05) is 6.07 Å². The molecule has 0 radical (unpaired) electrons. The maximum atomic E-state index is 11.0. The van der Waals surface area contributed by atoms with E-state index in [4.69, 9.17) is 9.47 Å². The number of likely N-dealkylation sites (N-methyl/N-ethyl adjacent to an activating group) is 1. The average molecular weight is 265 g/mol. The molecular formula is C15H23NO3. The van der Waals surface area contributed by atoms with Crippen LogP contribution in [0, 0.1) is 5.92 Å². The largest absolute Gasteiger partial charge is 0.493 e. The van der Waals surface area contributed by atoms with Crippen molar-refractivity contribution in [1.29, 1.82) is 0 Å². The third-order valence-corrected chi connectivity index (χ3v) is 3.69. The van der Waals surface area contributed by atoms with Crippen LogP contribution in [-0.4, -0.2) is 44.9 Å². The quantitative estimate of drug-likeness (QED) is 0.852. The van der Waals surface area contributed by atoms with Crippen molar-refractivity contribution < 1.29 is 14.6 Å². The first-order valence-corrected chi connectivity index (χ1v) is 6.61. The molecule has 1 N–H and O–H groups in total. The lowest BCUT2D eigenvalue weighted by atomic mass is 9.88. The highest BCUT2D eigenvalue weighted by atomic mass is 16.5. The van der Waals surface area contributed by atoms with E-state index in [0.717, 1.165) is 18.4 Å². The predicted octanol–water partition coefficient (Wildman–Crippen LogP) is 1.86. The molecule has 1 atom stereocenters. The highest BCUT2D eigenvalue weighted by Gasteiger charge is 2.45. The number of hydrogen-bond acceptors (Lipinski definition) is 4. The van der Waals surface area contributed by atoms with Crippen molar-refractivity contribution >= 4 is 0 Å². The summed E-state index contributed by atoms with van der Waals surface area (Å²) in [5.74, 6) is 1.69. The van der Waals surface area contributed by atoms with Crippen molar-refractivity contribution in [3.63, 3.8) is 0 Å². The second-order valence-electron chi connectivity index (χ2n) is 5.51. The van der Waals surface area contributed by atoms with Gasteiger partial charge in [-0.2, -0.15) is 0 Å². The fourth-order valence-corrected chi connectivity index (χ4v) is 2.60. The molecule has 1 aromatic carbocycles. The number of ether oxygens (including phenoxy) is 2. The summed E-state index contributed by atoms with van der Waals surface area (Å²) in [4.78, 5) is 2.02. The summed E-state index contributed by atoms with van der Waals surface area (Å²) < 4.78 is 10.6. The van der Waals surface area contributed by atoms with Crippen LogP contribution in [0.25, 0.3) is 0 Å². The topological polar surface area (TPSA) is 41.9 Å². The summed E-state index contributed by atoms with van der Waals surface area (Å²) in [6.07, 6.45) is 2.16. The van der Waals surface area contributed by atoms with Crippen LogP contribution >= 0.6 is 0 Å². The van der Waals surface area contributed by atoms with Crippen LogP contribution in [0.15, 0.2) is 18.2 Å². The lowest BCUT2D eigenvalue weighted by molar-refractivity contribution is -0.0101. The molecule has 4 heteroatoms. The Morgan fingerprint density at radius 2 is 1.84 bits per heavy atom. The van der Waals surface area contributed by atoms with Gasteiger partial charge in [-0.05, 0) is 50.6 Å². The second-order valence-corrected chi connectivity index (χ2v) is 5.51. The van der Waals surface area contributed by atoms with E-state index in [0.29, 0.717) is 24.0 Å². The number of nitrogens with zero attached hydrogens (tertiary/aromatic N) is 1. The van der Waals surface area contributed by atoms with Gasteiger partial charge in [-0.3, -0.25) is 0 Å². The van der Waals surface area contributed by atoms with Gasteiger partial charge in [0.15, 0.2) is 11.5 Å². The van der Waals surface area contributed by atoms with Crippen molar-refractivity contribution in [1.82, 2.24) is 4.90 Å². The number of rotatable bonds is 6. The molecule has 1 saturated carbocycles. The fraction of sp³-hybridized carbons (Fsp3) is 0.600. The minimum absolute atomic E-state index is 0.341. The molecular weight excluding hydrogens is 242 g/mol. The first-order valence-electron chi connectivity index (χ1n) is 6.61. The molecule has 4 nitrogen and oxygen atoms in total. The first kappa shape index (κ1) is 14.2. The highest BCUT2D eigenvalue weighted by molar-refractivity contribution is 5.45. The highest BCUT2D eigenvalue weighted by Crippen LogP contribution is 2.47. The molecule has 0 saturated heterocycles. The van der Waals surface area contributed by atoms with E-state index in [-0.39, 0.29) is 0 Å². The van der Waals surface area contributed by atoms with Crippen LogP contribution in [0.5, 0.6) is 11.5 Å². The van der Waals surface area contributed by atoms with Crippen LogP contribution in [0.4, 0.5) is 0 Å². The molecule has 1 aliphatic carbocycles. The molecule has 0 bridgehead atoms. The Bertz CT molecular complexity index is 443. The van der Waals surface area contributed by atoms with Gasteiger partial charge >= 0.3 is 0 Å². The Kier molecular flexibility index (Phi) is 4.02. The van der Waals surface area contributed by atoms with E-state index < -0.39 is 5.60 Å². The maximum absolute atomic E-state index is 11.0. The predicted molar refractivity (Wildman–Crippen MR) is 74.7 cm³/mol. The molecule has 19 heavy (non-hydrogen) atoms. The Morgan fingerprint density at radius 3 is 2.32 bits per heavy atom. The molecule has 0 aromatic heterocycles. The summed E-state index contributed by atoms with van der Waals surface area (Å²) in [5.41, 5.74) is 0.101. The van der Waals surface area contributed by atoms with Crippen LogP contribution in [0.2, 0.25) is 0 Å². The van der Waals surface area contributed by atoms with E-state index in [1.165, 1.54) is 0 Å². The molecule has 1 aliphatic rings. The molecule has 1 fully saturated rings. The molecule has 0 spiro atoms. The zero-order chi connectivity index (χ0) is 14.0. The molecule has 0 aliphatic heterocycles. The third-order valence-electron chi connectivity index (χ3n) is 3.69. The number of aliphatic hydroxyl groups is 1. The Balaban J connectivity index is 2.36. The fourth-order valence-electron chi connectivity index (χ4n) is 2.60. The van der Waals surface area contributed by atoms with E-state index in [1.807, 2.05) is 37.2 Å². The van der Waals surface area contributed by atoms with Crippen molar-refractivity contribution in [2.45, 2.75) is 18.4 Å². The smallest absolute Gasteiger partial charge is 0.161 e. The number of benzene rings is 1. The number of hydrogen-bond donors (Lipinski definition) is 1. The van der Waals surface area contributed by atoms with Crippen LogP contribution in [0.1, 0.15) is 18.4 Å². The molecule has 0 amide bonds. The molecule has 0 heterocycles. The van der Waals surface area contributed by atoms with Crippen LogP contribution < -0.4 is 9.47 Å². The van der Waals surface area contributed by atoms with Crippen molar-refractivity contribution in [2.24, 2.45) is 5.92 Å². The lowest BCUT2D eigenvalue weighted by Crippen LogP contribution is -2.39. The molecule has 1 unspecified atom stereocenters. The maximum Gasteiger partial charge on any atom is 0.161 e. The van der Waals surface area contributed by atoms with Gasteiger partial charge in [0.1, 0.15) is 5.60 Å². The Hall–Kier alpha value is -1.26. The standard InChI is InChI=1S/C15H23NO3/c1-16(2)10-15(17,11-5-6-11)12-7-8-13(18-3)14(9-12)19-4/h7-9,11,17H,5-6,10H2,1-4H3. The summed E-state index contributed by atoms with van der Waals surface area (Å²) in [5, 5.41) is 11.0. The van der Waals surface area contributed by atoms with Gasteiger partial charge in [0.2, 0.25) is 0 Å². The van der Waals surface area contributed by atoms with Crippen molar-refractivity contribution in [2.75, 3.05) is 34.9 Å². The average Bonchev–Trinajstić information content (AvgIpc) is 3.21. The first-order chi connectivity index (χ1) is 9.01. The van der Waals surface area contributed by atoms with Crippen molar-refractivity contribution in [3.8, 4) is 11.5 Å². The van der Waals surface area contributed by atoms with E-state index in [1.54, 1.807) is 14.2 Å². The third kappa shape index (κ3) is 2.85. The molecule has 2 rings (SSSR count). The van der Waals surface area contributed by atoms with Gasteiger partial charge < -0.3 is 19.5 Å². The molecule has 1 aromatic rings. The van der Waals surface area contributed by atoms with Crippen LogP contribution in [-0.2, 0) is 5.60 Å². The normalized spacial score (nSPS) is 18.2. The SMILES string of the molecule is COc1ccc(C(O)(CN(C)C)C2CC2)cc1OC. The van der Waals surface area contributed by atoms with E-state index >= 15 is 0 Å². The zero-order valence-electron chi connectivity index (χ0n) is 12.1. The van der Waals surface area contributed by atoms with Gasteiger partial charge in [-0.25, -0.2) is 0 Å². The van der Waals surface area contributed by atoms with Gasteiger partial charge in [-0.15, -0.1) is 0 Å². The monoisotopic (exact) mass is 265 g/mol. The lowest BCUT2D eigenvalue weighted by Gasteiger charge is -2.32. The number of methoxy groups -OCH3 is 2. The second kappa shape index (κ2) is 5.39. The van der Waals surface area contributed by atoms with Gasteiger partial charge in [0.25, 0.3) is 0 Å². The summed E-state index contributed by atoms with van der Waals surface area (Å²) in [6.45, 7) is 0.618. The Morgan fingerprint density at radius 1 is 1.21 bits per heavy atom. The summed E-state index contributed by atoms with van der Waals surface area (Å²) >= 11 is 0. The van der Waals surface area contributed by atoms with Gasteiger partial charge in [0, 0.05) is 6.54 Å². The zero-order valence-corrected chi connectivity index (χ0v) is 12.1. The minimum Gasteiger partial charge on any atom is -0.493 e. The Labute approximate surface area is 114 Å². The van der Waals surface area contributed by atoms with Crippen molar-refractivity contribution in [3.05, 3.63) is 23.8 Å². The minimum atomic E-state index is -0.803. The van der Waals surface area contributed by atoms with Crippen LogP contribution in [0.3, 0.4) is 0 Å². The summed E-state index contributed by atoms with van der Waals surface area (Å²) in [7, 11) is 7.19.